The fraction of sp³-hybridized carbons (Fsp3) is 0.500. The van der Waals surface area contributed by atoms with Crippen LogP contribution in [0.2, 0.25) is 5.15 Å². The lowest BCUT2D eigenvalue weighted by Gasteiger charge is -2.40. The third-order valence-electron chi connectivity index (χ3n) is 6.61. The Morgan fingerprint density at radius 2 is 1.89 bits per heavy atom. The van der Waals surface area contributed by atoms with Crippen LogP contribution >= 0.6 is 23.4 Å². The molecule has 2 aliphatic rings. The molecule has 0 bridgehead atoms. The molecule has 2 atom stereocenters. The van der Waals surface area contributed by atoms with Crippen molar-refractivity contribution in [3.63, 3.8) is 0 Å². The molecule has 1 aromatic heterocycles. The summed E-state index contributed by atoms with van der Waals surface area (Å²) in [5.41, 5.74) is 0.679. The first-order valence-corrected chi connectivity index (χ1v) is 13.9. The minimum Gasteiger partial charge on any atom is -0.466 e. The van der Waals surface area contributed by atoms with Gasteiger partial charge in [-0.05, 0) is 38.8 Å². The number of piperidine rings is 1. The third kappa shape index (κ3) is 6.93. The predicted molar refractivity (Wildman–Crippen MR) is 143 cm³/mol. The molecule has 1 aromatic carbocycles. The van der Waals surface area contributed by atoms with Crippen LogP contribution in [0.15, 0.2) is 41.6 Å². The predicted octanol–water partition coefficient (Wildman–Crippen LogP) is 3.37. The van der Waals surface area contributed by atoms with Gasteiger partial charge in [-0.2, -0.15) is 0 Å². The molecule has 0 spiro atoms. The first kappa shape index (κ1) is 27.2. The summed E-state index contributed by atoms with van der Waals surface area (Å²) in [6.07, 6.45) is 1.51. The summed E-state index contributed by atoms with van der Waals surface area (Å²) in [4.78, 5) is 52.5. The number of nitrogens with zero attached hydrogens (tertiary/aromatic N) is 5. The van der Waals surface area contributed by atoms with Crippen molar-refractivity contribution in [1.82, 2.24) is 19.8 Å². The molecular weight excluding hydrogens is 514 g/mol. The molecule has 2 aliphatic heterocycles. The fourth-order valence-corrected chi connectivity index (χ4v) is 5.68. The van der Waals surface area contributed by atoms with Gasteiger partial charge < -0.3 is 19.4 Å². The number of rotatable bonds is 7. The van der Waals surface area contributed by atoms with Crippen LogP contribution in [-0.4, -0.2) is 88.7 Å². The highest BCUT2D eigenvalue weighted by molar-refractivity contribution is 7.99. The molecule has 3 heterocycles. The zero-order chi connectivity index (χ0) is 26.4. The first-order chi connectivity index (χ1) is 17.9. The van der Waals surface area contributed by atoms with Crippen molar-refractivity contribution in [1.29, 1.82) is 0 Å². The molecule has 0 aliphatic carbocycles. The molecule has 4 rings (SSSR count). The lowest BCUT2D eigenvalue weighted by atomic mass is 9.98. The second-order valence-electron chi connectivity index (χ2n) is 9.21. The number of aromatic nitrogens is 2. The minimum atomic E-state index is -0.272. The number of thioether (sulfide) groups is 1. The number of ether oxygens (including phenoxy) is 1. The van der Waals surface area contributed by atoms with E-state index in [0.29, 0.717) is 61.0 Å². The summed E-state index contributed by atoms with van der Waals surface area (Å²) >= 11 is 7.54. The molecule has 198 valence electrons. The lowest BCUT2D eigenvalue weighted by Crippen LogP contribution is -2.54. The van der Waals surface area contributed by atoms with E-state index < -0.39 is 0 Å². The van der Waals surface area contributed by atoms with Crippen molar-refractivity contribution in [2.45, 2.75) is 37.9 Å². The van der Waals surface area contributed by atoms with E-state index in [4.69, 9.17) is 16.3 Å². The summed E-state index contributed by atoms with van der Waals surface area (Å²) in [6.45, 7) is 6.93. The Balaban J connectivity index is 1.34. The zero-order valence-electron chi connectivity index (χ0n) is 21.1. The number of amides is 2. The van der Waals surface area contributed by atoms with Crippen molar-refractivity contribution in [3.8, 4) is 0 Å². The van der Waals surface area contributed by atoms with Crippen LogP contribution in [0.5, 0.6) is 0 Å². The van der Waals surface area contributed by atoms with E-state index in [1.54, 1.807) is 17.9 Å². The minimum absolute atomic E-state index is 0.0145. The zero-order valence-corrected chi connectivity index (χ0v) is 22.7. The normalized spacial score (nSPS) is 20.0. The first-order valence-electron chi connectivity index (χ1n) is 12.6. The largest absolute Gasteiger partial charge is 0.466 e. The Bertz CT molecular complexity index is 1120. The van der Waals surface area contributed by atoms with Gasteiger partial charge >= 0.3 is 5.97 Å². The Hall–Kier alpha value is -2.85. The van der Waals surface area contributed by atoms with Crippen molar-refractivity contribution in [2.75, 3.05) is 50.0 Å². The smallest absolute Gasteiger partial charge is 0.310 e. The van der Waals surface area contributed by atoms with Gasteiger partial charge in [0, 0.05) is 50.4 Å². The van der Waals surface area contributed by atoms with Crippen LogP contribution in [-0.2, 0) is 14.3 Å². The maximum Gasteiger partial charge on any atom is 0.310 e. The number of benzene rings is 1. The van der Waals surface area contributed by atoms with E-state index in [0.717, 1.165) is 12.8 Å². The number of esters is 1. The molecule has 2 amide bonds. The Kier molecular flexibility index (Phi) is 9.26. The second kappa shape index (κ2) is 12.6. The van der Waals surface area contributed by atoms with Crippen LogP contribution in [0.25, 0.3) is 0 Å². The quantitative estimate of drug-likeness (QED) is 0.226. The van der Waals surface area contributed by atoms with Crippen LogP contribution in [0.4, 0.5) is 5.82 Å². The monoisotopic (exact) mass is 545 g/mol. The SMILES string of the molecule is CCOC(=O)C1CCCN(C(=O)CSc2nc(Cl)cc(N3CCN(C(=O)c4ccccc4)C(C)C3)n2)C1. The van der Waals surface area contributed by atoms with Crippen molar-refractivity contribution < 1.29 is 19.1 Å². The summed E-state index contributed by atoms with van der Waals surface area (Å²) in [6, 6.07) is 11.0. The van der Waals surface area contributed by atoms with Gasteiger partial charge in [0.15, 0.2) is 5.16 Å². The van der Waals surface area contributed by atoms with Crippen molar-refractivity contribution in [2.24, 2.45) is 5.92 Å². The molecule has 9 nitrogen and oxygen atoms in total. The molecular formula is C26H32ClN5O4S. The molecule has 2 saturated heterocycles. The molecule has 2 aromatic rings. The number of hydrogen-bond donors (Lipinski definition) is 0. The van der Waals surface area contributed by atoms with Crippen molar-refractivity contribution in [3.05, 3.63) is 47.1 Å². The van der Waals surface area contributed by atoms with Gasteiger partial charge in [-0.3, -0.25) is 14.4 Å². The Morgan fingerprint density at radius 3 is 2.62 bits per heavy atom. The van der Waals surface area contributed by atoms with Crippen LogP contribution in [0, 0.1) is 5.92 Å². The number of carbonyl (C=O) groups excluding carboxylic acids is 3. The molecule has 0 N–H and O–H groups in total. The van der Waals surface area contributed by atoms with E-state index in [9.17, 15) is 14.4 Å². The standard InChI is InChI=1S/C26H32ClN5O4S/c1-3-36-25(35)20-10-7-11-31(16-20)23(33)17-37-26-28-21(27)14-22(29-26)30-12-13-32(18(2)15-30)24(34)19-8-5-4-6-9-19/h4-6,8-9,14,18,20H,3,7,10-13,15-17H2,1-2H3. The summed E-state index contributed by atoms with van der Waals surface area (Å²) in [7, 11) is 0. The van der Waals surface area contributed by atoms with E-state index in [1.165, 1.54) is 11.8 Å². The highest BCUT2D eigenvalue weighted by Crippen LogP contribution is 2.26. The highest BCUT2D eigenvalue weighted by Gasteiger charge is 2.31. The number of likely N-dealkylation sites (tertiary alicyclic amines) is 1. The number of piperazine rings is 1. The number of carbonyl (C=O) groups is 3. The molecule has 0 radical (unpaired) electrons. The van der Waals surface area contributed by atoms with Crippen LogP contribution < -0.4 is 4.90 Å². The van der Waals surface area contributed by atoms with Gasteiger partial charge in [0.25, 0.3) is 5.91 Å². The Labute approximate surface area is 226 Å². The highest BCUT2D eigenvalue weighted by atomic mass is 35.5. The van der Waals surface area contributed by atoms with Gasteiger partial charge in [-0.25, -0.2) is 9.97 Å². The third-order valence-corrected chi connectivity index (χ3v) is 7.64. The fourth-order valence-electron chi connectivity index (χ4n) is 4.70. The van der Waals surface area contributed by atoms with Gasteiger partial charge in [-0.15, -0.1) is 0 Å². The Morgan fingerprint density at radius 1 is 1.11 bits per heavy atom. The van der Waals surface area contributed by atoms with Gasteiger partial charge in [-0.1, -0.05) is 41.6 Å². The van der Waals surface area contributed by atoms with Crippen molar-refractivity contribution >= 4 is 47.0 Å². The average molecular weight is 546 g/mol. The average Bonchev–Trinajstić information content (AvgIpc) is 2.91. The van der Waals surface area contributed by atoms with Gasteiger partial charge in [0.05, 0.1) is 18.3 Å². The second-order valence-corrected chi connectivity index (χ2v) is 10.5. The van der Waals surface area contributed by atoms with E-state index in [2.05, 4.69) is 14.9 Å². The molecule has 11 heteroatoms. The number of halogens is 1. The van der Waals surface area contributed by atoms with Gasteiger partial charge in [0.2, 0.25) is 5.91 Å². The van der Waals surface area contributed by atoms with Crippen LogP contribution in [0.1, 0.15) is 37.0 Å². The summed E-state index contributed by atoms with van der Waals surface area (Å²) < 4.78 is 5.13. The van der Waals surface area contributed by atoms with Gasteiger partial charge in [0.1, 0.15) is 11.0 Å². The topological polar surface area (TPSA) is 95.9 Å². The van der Waals surface area contributed by atoms with E-state index >= 15 is 0 Å². The molecule has 2 fully saturated rings. The van der Waals surface area contributed by atoms with E-state index in [1.807, 2.05) is 42.2 Å². The number of anilines is 1. The number of hydrogen-bond acceptors (Lipinski definition) is 8. The maximum absolute atomic E-state index is 12.9. The molecule has 0 saturated carbocycles. The van der Waals surface area contributed by atoms with Crippen LogP contribution in [0.3, 0.4) is 0 Å². The summed E-state index contributed by atoms with van der Waals surface area (Å²) in [5, 5.41) is 0.723. The lowest BCUT2D eigenvalue weighted by molar-refractivity contribution is -0.151. The molecule has 37 heavy (non-hydrogen) atoms. The van der Waals surface area contributed by atoms with E-state index in [-0.39, 0.29) is 35.5 Å². The maximum atomic E-state index is 12.9. The summed E-state index contributed by atoms with van der Waals surface area (Å²) in [5.74, 6) is 0.276. The molecule has 2 unspecified atom stereocenters.